The average molecular weight is 327 g/mol. The minimum absolute atomic E-state index is 0.136. The Morgan fingerprint density at radius 3 is 2.48 bits per heavy atom. The molecule has 0 unspecified atom stereocenters. The number of allylic oxidation sites excluding steroid dienone is 2. The fourth-order valence-corrected chi connectivity index (χ4v) is 3.17. The number of methoxy groups -OCH3 is 1. The van der Waals surface area contributed by atoms with Crippen LogP contribution in [-0.2, 0) is 0 Å². The summed E-state index contributed by atoms with van der Waals surface area (Å²) in [6, 6.07) is 13.9. The first-order valence-corrected chi connectivity index (χ1v) is 7.99. The number of ether oxygens (including phenoxy) is 1. The highest BCUT2D eigenvalue weighted by molar-refractivity contribution is 6.30. The van der Waals surface area contributed by atoms with E-state index < -0.39 is 0 Å². The molecule has 0 fully saturated rings. The number of rotatable bonds is 4. The van der Waals surface area contributed by atoms with Crippen LogP contribution in [-0.4, -0.2) is 18.8 Å². The second-order valence-electron chi connectivity index (χ2n) is 5.60. The summed E-state index contributed by atoms with van der Waals surface area (Å²) in [5.41, 5.74) is 7.01. The second kappa shape index (κ2) is 6.61. The minimum atomic E-state index is 0.136. The lowest BCUT2D eigenvalue weighted by atomic mass is 10.0. The fourth-order valence-electron chi connectivity index (χ4n) is 3.05. The first kappa shape index (κ1) is 15.9. The maximum atomic E-state index is 9.40. The van der Waals surface area contributed by atoms with E-state index in [1.807, 2.05) is 36.4 Å². The van der Waals surface area contributed by atoms with E-state index in [9.17, 15) is 5.11 Å². The molecule has 0 aromatic heterocycles. The molecule has 1 aliphatic rings. The molecule has 2 aromatic carbocycles. The van der Waals surface area contributed by atoms with E-state index in [4.69, 9.17) is 16.3 Å². The number of aliphatic hydroxyl groups is 1. The molecule has 1 aliphatic carbocycles. The number of hydrogen-bond acceptors (Lipinski definition) is 2. The standard InChI is InChI=1S/C20H19ClO2/c1-13-17(9-10-22)20-12-16(23-2)7-8-18(20)19(13)11-14-3-5-15(21)6-4-14/h3-8,11-12,22H,9-10H2,1-2H3. The third kappa shape index (κ3) is 3.05. The molecule has 3 rings (SSSR count). The van der Waals surface area contributed by atoms with Gasteiger partial charge in [-0.3, -0.25) is 0 Å². The van der Waals surface area contributed by atoms with Crippen molar-refractivity contribution in [1.82, 2.24) is 0 Å². The van der Waals surface area contributed by atoms with Gasteiger partial charge in [0.05, 0.1) is 7.11 Å². The van der Waals surface area contributed by atoms with Gasteiger partial charge in [-0.25, -0.2) is 0 Å². The predicted molar refractivity (Wildman–Crippen MR) is 96.6 cm³/mol. The van der Waals surface area contributed by atoms with Gasteiger partial charge in [-0.05, 0) is 77.1 Å². The molecule has 0 bridgehead atoms. The minimum Gasteiger partial charge on any atom is -0.497 e. The Kier molecular flexibility index (Phi) is 4.56. The summed E-state index contributed by atoms with van der Waals surface area (Å²) in [7, 11) is 1.67. The summed E-state index contributed by atoms with van der Waals surface area (Å²) in [4.78, 5) is 0. The molecule has 3 heteroatoms. The van der Waals surface area contributed by atoms with E-state index in [0.29, 0.717) is 6.42 Å². The molecule has 0 saturated heterocycles. The summed E-state index contributed by atoms with van der Waals surface area (Å²) >= 11 is 5.96. The molecule has 2 aromatic rings. The van der Waals surface area contributed by atoms with Crippen molar-refractivity contribution in [3.05, 3.63) is 69.8 Å². The Hall–Kier alpha value is -2.03. The average Bonchev–Trinajstić information content (AvgIpc) is 2.82. The smallest absolute Gasteiger partial charge is 0.119 e. The fraction of sp³-hybridized carbons (Fsp3) is 0.200. The van der Waals surface area contributed by atoms with Gasteiger partial charge in [0.2, 0.25) is 0 Å². The van der Waals surface area contributed by atoms with Gasteiger partial charge in [0, 0.05) is 11.6 Å². The summed E-state index contributed by atoms with van der Waals surface area (Å²) in [6.45, 7) is 2.25. The molecule has 0 saturated carbocycles. The Morgan fingerprint density at radius 1 is 1.09 bits per heavy atom. The number of aliphatic hydroxyl groups excluding tert-OH is 1. The summed E-state index contributed by atoms with van der Waals surface area (Å²) in [5.74, 6) is 0.833. The molecular formula is C20H19ClO2. The molecular weight excluding hydrogens is 308 g/mol. The maximum absolute atomic E-state index is 9.40. The Bertz CT molecular complexity index is 786. The molecule has 118 valence electrons. The van der Waals surface area contributed by atoms with E-state index in [1.165, 1.54) is 22.3 Å². The van der Waals surface area contributed by atoms with E-state index in [-0.39, 0.29) is 6.61 Å². The highest BCUT2D eigenvalue weighted by Gasteiger charge is 2.23. The van der Waals surface area contributed by atoms with Gasteiger partial charge in [0.25, 0.3) is 0 Å². The van der Waals surface area contributed by atoms with Crippen LogP contribution in [0.5, 0.6) is 5.75 Å². The zero-order valence-electron chi connectivity index (χ0n) is 13.3. The molecule has 0 aliphatic heterocycles. The lowest BCUT2D eigenvalue weighted by Gasteiger charge is -2.07. The van der Waals surface area contributed by atoms with Crippen LogP contribution in [0.25, 0.3) is 17.2 Å². The Morgan fingerprint density at radius 2 is 1.83 bits per heavy atom. The first-order valence-electron chi connectivity index (χ1n) is 7.61. The topological polar surface area (TPSA) is 29.5 Å². The highest BCUT2D eigenvalue weighted by atomic mass is 35.5. The van der Waals surface area contributed by atoms with Crippen LogP contribution in [0.4, 0.5) is 0 Å². The van der Waals surface area contributed by atoms with E-state index in [2.05, 4.69) is 19.1 Å². The Labute approximate surface area is 141 Å². The quantitative estimate of drug-likeness (QED) is 0.851. The van der Waals surface area contributed by atoms with Gasteiger partial charge in [0.1, 0.15) is 5.75 Å². The molecule has 0 radical (unpaired) electrons. The van der Waals surface area contributed by atoms with Crippen molar-refractivity contribution in [1.29, 1.82) is 0 Å². The van der Waals surface area contributed by atoms with Crippen molar-refractivity contribution in [2.75, 3.05) is 13.7 Å². The largest absolute Gasteiger partial charge is 0.497 e. The van der Waals surface area contributed by atoms with Gasteiger partial charge in [0.15, 0.2) is 0 Å². The molecule has 0 spiro atoms. The van der Waals surface area contributed by atoms with Crippen LogP contribution in [0.1, 0.15) is 30.0 Å². The summed E-state index contributed by atoms with van der Waals surface area (Å²) < 4.78 is 5.35. The van der Waals surface area contributed by atoms with Gasteiger partial charge >= 0.3 is 0 Å². The van der Waals surface area contributed by atoms with Crippen LogP contribution >= 0.6 is 11.6 Å². The monoisotopic (exact) mass is 326 g/mol. The Balaban J connectivity index is 2.13. The molecule has 23 heavy (non-hydrogen) atoms. The predicted octanol–water partition coefficient (Wildman–Crippen LogP) is 5.06. The SMILES string of the molecule is COc1ccc2c(c1)C(CCO)=C(C)C2=Cc1ccc(Cl)cc1. The molecule has 0 amide bonds. The van der Waals surface area contributed by atoms with Gasteiger partial charge < -0.3 is 9.84 Å². The lowest BCUT2D eigenvalue weighted by molar-refractivity contribution is 0.305. The number of halogens is 1. The van der Waals surface area contributed by atoms with Crippen LogP contribution in [0.2, 0.25) is 5.02 Å². The zero-order valence-corrected chi connectivity index (χ0v) is 14.0. The van der Waals surface area contributed by atoms with Gasteiger partial charge in [-0.15, -0.1) is 0 Å². The van der Waals surface area contributed by atoms with Gasteiger partial charge in [-0.2, -0.15) is 0 Å². The number of benzene rings is 2. The molecule has 1 N–H and O–H groups in total. The van der Waals surface area contributed by atoms with Crippen molar-refractivity contribution in [2.24, 2.45) is 0 Å². The maximum Gasteiger partial charge on any atom is 0.119 e. The number of fused-ring (bicyclic) bond motifs is 1. The van der Waals surface area contributed by atoms with Crippen LogP contribution in [0, 0.1) is 0 Å². The van der Waals surface area contributed by atoms with Crippen molar-refractivity contribution < 1.29 is 9.84 Å². The molecule has 0 atom stereocenters. The zero-order chi connectivity index (χ0) is 16.4. The lowest BCUT2D eigenvalue weighted by Crippen LogP contribution is -1.90. The van der Waals surface area contributed by atoms with Crippen molar-refractivity contribution in [2.45, 2.75) is 13.3 Å². The summed E-state index contributed by atoms with van der Waals surface area (Å²) in [5, 5.41) is 10.1. The van der Waals surface area contributed by atoms with E-state index in [1.54, 1.807) is 7.11 Å². The van der Waals surface area contributed by atoms with Crippen molar-refractivity contribution >= 4 is 28.8 Å². The summed E-state index contributed by atoms with van der Waals surface area (Å²) in [6.07, 6.45) is 2.81. The van der Waals surface area contributed by atoms with Crippen molar-refractivity contribution in [3.8, 4) is 5.75 Å². The first-order chi connectivity index (χ1) is 11.1. The van der Waals surface area contributed by atoms with Crippen LogP contribution < -0.4 is 4.74 Å². The molecule has 0 heterocycles. The van der Waals surface area contributed by atoms with Gasteiger partial charge in [-0.1, -0.05) is 29.8 Å². The van der Waals surface area contributed by atoms with E-state index in [0.717, 1.165) is 21.9 Å². The highest BCUT2D eigenvalue weighted by Crippen LogP contribution is 2.44. The van der Waals surface area contributed by atoms with Crippen LogP contribution in [0.3, 0.4) is 0 Å². The molecule has 2 nitrogen and oxygen atoms in total. The second-order valence-corrected chi connectivity index (χ2v) is 6.03. The van der Waals surface area contributed by atoms with E-state index >= 15 is 0 Å². The third-order valence-corrected chi connectivity index (χ3v) is 4.49. The number of hydrogen-bond donors (Lipinski definition) is 1. The van der Waals surface area contributed by atoms with Crippen molar-refractivity contribution in [3.63, 3.8) is 0 Å². The third-order valence-electron chi connectivity index (χ3n) is 4.24. The van der Waals surface area contributed by atoms with Crippen LogP contribution in [0.15, 0.2) is 48.0 Å². The normalized spacial score (nSPS) is 15.2.